The summed E-state index contributed by atoms with van der Waals surface area (Å²) >= 11 is 0. The maximum Gasteiger partial charge on any atom is 0.329 e. The van der Waals surface area contributed by atoms with Gasteiger partial charge in [-0.2, -0.15) is 0 Å². The first-order chi connectivity index (χ1) is 14.4. The van der Waals surface area contributed by atoms with Crippen LogP contribution in [0.15, 0.2) is 42.5 Å². The summed E-state index contributed by atoms with van der Waals surface area (Å²) < 4.78 is 10.3. The Morgan fingerprint density at radius 3 is 2.43 bits per heavy atom. The molecule has 0 aromatic heterocycles. The SMILES string of the molecule is C[C@H](C(=O)OCC(=O)c1ccc2c(c1)NC(=O)CO2)N1C(=O)c2ccccc2C1=O. The standard InChI is InChI=1S/C21H16N2O7/c1-11(23-19(26)13-4-2-3-5-14(13)20(23)27)21(28)30-9-16(24)12-6-7-17-15(8-12)22-18(25)10-29-17/h2-8,11H,9-10H2,1H3,(H,22,25)/t11-/m1/s1. The molecule has 0 spiro atoms. The van der Waals surface area contributed by atoms with E-state index in [1.54, 1.807) is 12.1 Å². The number of ether oxygens (including phenoxy) is 2. The molecule has 2 aliphatic rings. The number of imide groups is 1. The number of benzene rings is 2. The number of rotatable bonds is 5. The number of carbonyl (C=O) groups excluding carboxylic acids is 5. The zero-order chi connectivity index (χ0) is 21.4. The van der Waals surface area contributed by atoms with E-state index in [4.69, 9.17) is 9.47 Å². The van der Waals surface area contributed by atoms with Crippen LogP contribution >= 0.6 is 0 Å². The van der Waals surface area contributed by atoms with Crippen molar-refractivity contribution in [2.24, 2.45) is 0 Å². The highest BCUT2D eigenvalue weighted by Crippen LogP contribution is 2.29. The Kier molecular flexibility index (Phi) is 4.78. The summed E-state index contributed by atoms with van der Waals surface area (Å²) in [5, 5.41) is 2.59. The van der Waals surface area contributed by atoms with E-state index in [-0.39, 0.29) is 29.2 Å². The average Bonchev–Trinajstić information content (AvgIpc) is 3.01. The van der Waals surface area contributed by atoms with E-state index in [0.717, 1.165) is 4.90 Å². The number of ketones is 1. The van der Waals surface area contributed by atoms with Crippen LogP contribution in [0.5, 0.6) is 5.75 Å². The quantitative estimate of drug-likeness (QED) is 0.451. The van der Waals surface area contributed by atoms with Crippen LogP contribution in [-0.2, 0) is 14.3 Å². The third-order valence-corrected chi connectivity index (χ3v) is 4.83. The number of anilines is 1. The van der Waals surface area contributed by atoms with Crippen molar-refractivity contribution in [2.75, 3.05) is 18.5 Å². The number of Topliss-reactive ketones (excluding diaryl/α,β-unsaturated/α-hetero) is 1. The number of nitrogens with zero attached hydrogens (tertiary/aromatic N) is 1. The molecule has 4 rings (SSSR count). The summed E-state index contributed by atoms with van der Waals surface area (Å²) in [6.07, 6.45) is 0. The molecule has 1 atom stereocenters. The second-order valence-electron chi connectivity index (χ2n) is 6.78. The molecule has 2 aromatic carbocycles. The molecule has 2 aromatic rings. The largest absolute Gasteiger partial charge is 0.482 e. The normalized spacial score (nSPS) is 15.6. The van der Waals surface area contributed by atoms with Crippen LogP contribution in [0, 0.1) is 0 Å². The molecule has 2 heterocycles. The van der Waals surface area contributed by atoms with Gasteiger partial charge in [0, 0.05) is 5.56 Å². The van der Waals surface area contributed by atoms with E-state index in [2.05, 4.69) is 5.32 Å². The van der Waals surface area contributed by atoms with Gasteiger partial charge in [0.1, 0.15) is 11.8 Å². The fraction of sp³-hybridized carbons (Fsp3) is 0.190. The molecule has 3 amide bonds. The zero-order valence-corrected chi connectivity index (χ0v) is 15.8. The monoisotopic (exact) mass is 408 g/mol. The zero-order valence-electron chi connectivity index (χ0n) is 15.8. The third-order valence-electron chi connectivity index (χ3n) is 4.83. The summed E-state index contributed by atoms with van der Waals surface area (Å²) in [6.45, 7) is 0.674. The minimum Gasteiger partial charge on any atom is -0.482 e. The van der Waals surface area contributed by atoms with Gasteiger partial charge in [-0.15, -0.1) is 0 Å². The third kappa shape index (κ3) is 3.30. The Labute approximate surface area is 170 Å². The van der Waals surface area contributed by atoms with Crippen molar-refractivity contribution in [1.29, 1.82) is 0 Å². The highest BCUT2D eigenvalue weighted by atomic mass is 16.5. The van der Waals surface area contributed by atoms with Crippen LogP contribution in [0.3, 0.4) is 0 Å². The first kappa shape index (κ1) is 19.3. The molecule has 0 saturated carbocycles. The van der Waals surface area contributed by atoms with E-state index in [0.29, 0.717) is 11.4 Å². The van der Waals surface area contributed by atoms with Crippen molar-refractivity contribution in [3.8, 4) is 5.75 Å². The molecular weight excluding hydrogens is 392 g/mol. The van der Waals surface area contributed by atoms with Crippen molar-refractivity contribution >= 4 is 35.2 Å². The van der Waals surface area contributed by atoms with Crippen LogP contribution in [-0.4, -0.2) is 53.6 Å². The Balaban J connectivity index is 1.41. The van der Waals surface area contributed by atoms with Crippen LogP contribution in [0.2, 0.25) is 0 Å². The lowest BCUT2D eigenvalue weighted by molar-refractivity contribution is -0.146. The van der Waals surface area contributed by atoms with Crippen molar-refractivity contribution in [1.82, 2.24) is 4.90 Å². The van der Waals surface area contributed by atoms with Gasteiger partial charge in [-0.3, -0.25) is 24.1 Å². The highest BCUT2D eigenvalue weighted by Gasteiger charge is 2.41. The highest BCUT2D eigenvalue weighted by molar-refractivity contribution is 6.22. The molecule has 0 radical (unpaired) electrons. The van der Waals surface area contributed by atoms with Crippen molar-refractivity contribution in [2.45, 2.75) is 13.0 Å². The van der Waals surface area contributed by atoms with E-state index in [9.17, 15) is 24.0 Å². The molecule has 0 unspecified atom stereocenters. The Bertz CT molecular complexity index is 1070. The van der Waals surface area contributed by atoms with Gasteiger partial charge in [0.05, 0.1) is 16.8 Å². The summed E-state index contributed by atoms with van der Waals surface area (Å²) in [6, 6.07) is 9.52. The summed E-state index contributed by atoms with van der Waals surface area (Å²) in [5.74, 6) is -2.47. The lowest BCUT2D eigenvalue weighted by Crippen LogP contribution is -2.44. The van der Waals surface area contributed by atoms with Crippen LogP contribution in [0.25, 0.3) is 0 Å². The second-order valence-corrected chi connectivity index (χ2v) is 6.78. The van der Waals surface area contributed by atoms with Gasteiger partial charge in [0.15, 0.2) is 19.0 Å². The van der Waals surface area contributed by atoms with Crippen molar-refractivity contribution < 1.29 is 33.4 Å². The van der Waals surface area contributed by atoms with Gasteiger partial charge in [-0.05, 0) is 37.3 Å². The van der Waals surface area contributed by atoms with Gasteiger partial charge in [-0.1, -0.05) is 12.1 Å². The Hall–Kier alpha value is -4.01. The van der Waals surface area contributed by atoms with Gasteiger partial charge in [-0.25, -0.2) is 4.79 Å². The fourth-order valence-corrected chi connectivity index (χ4v) is 3.26. The molecule has 0 saturated heterocycles. The molecule has 2 aliphatic heterocycles. The first-order valence-corrected chi connectivity index (χ1v) is 9.10. The lowest BCUT2D eigenvalue weighted by Gasteiger charge is -2.21. The number of esters is 1. The minimum atomic E-state index is -1.19. The number of hydrogen-bond acceptors (Lipinski definition) is 7. The van der Waals surface area contributed by atoms with E-state index < -0.39 is 36.2 Å². The average molecular weight is 408 g/mol. The Morgan fingerprint density at radius 1 is 1.10 bits per heavy atom. The number of amides is 3. The number of carbonyl (C=O) groups is 5. The maximum absolute atomic E-state index is 12.5. The van der Waals surface area contributed by atoms with Crippen molar-refractivity contribution in [3.05, 3.63) is 59.2 Å². The topological polar surface area (TPSA) is 119 Å². The Morgan fingerprint density at radius 2 is 1.77 bits per heavy atom. The number of hydrogen-bond donors (Lipinski definition) is 1. The molecular formula is C21H16N2O7. The molecule has 30 heavy (non-hydrogen) atoms. The van der Waals surface area contributed by atoms with E-state index in [1.165, 1.54) is 37.3 Å². The van der Waals surface area contributed by atoms with Gasteiger partial charge < -0.3 is 14.8 Å². The predicted octanol–water partition coefficient (Wildman–Crippen LogP) is 1.43. The predicted molar refractivity (Wildman–Crippen MR) is 102 cm³/mol. The molecule has 9 heteroatoms. The van der Waals surface area contributed by atoms with Crippen LogP contribution in [0.4, 0.5) is 5.69 Å². The molecule has 152 valence electrons. The van der Waals surface area contributed by atoms with Gasteiger partial charge >= 0.3 is 5.97 Å². The van der Waals surface area contributed by atoms with Crippen LogP contribution < -0.4 is 10.1 Å². The molecule has 9 nitrogen and oxygen atoms in total. The fourth-order valence-electron chi connectivity index (χ4n) is 3.26. The second kappa shape index (κ2) is 7.43. The maximum atomic E-state index is 12.5. The number of nitrogens with one attached hydrogen (secondary N) is 1. The minimum absolute atomic E-state index is 0.104. The van der Waals surface area contributed by atoms with Gasteiger partial charge in [0.25, 0.3) is 17.7 Å². The lowest BCUT2D eigenvalue weighted by atomic mass is 10.1. The molecule has 0 aliphatic carbocycles. The summed E-state index contributed by atoms with van der Waals surface area (Å²) in [7, 11) is 0. The van der Waals surface area contributed by atoms with E-state index in [1.807, 2.05) is 0 Å². The molecule has 1 N–H and O–H groups in total. The summed E-state index contributed by atoms with van der Waals surface area (Å²) in [5.41, 5.74) is 0.997. The van der Waals surface area contributed by atoms with E-state index >= 15 is 0 Å². The van der Waals surface area contributed by atoms with Crippen LogP contribution in [0.1, 0.15) is 38.0 Å². The first-order valence-electron chi connectivity index (χ1n) is 9.10. The van der Waals surface area contributed by atoms with Crippen molar-refractivity contribution in [3.63, 3.8) is 0 Å². The van der Waals surface area contributed by atoms with Gasteiger partial charge in [0.2, 0.25) is 0 Å². The molecule has 0 bridgehead atoms. The number of fused-ring (bicyclic) bond motifs is 2. The smallest absolute Gasteiger partial charge is 0.329 e. The molecule has 0 fully saturated rings. The summed E-state index contributed by atoms with van der Waals surface area (Å²) in [4.78, 5) is 61.9.